The molecular weight excluding hydrogens is 260 g/mol. The Hall–Kier alpha value is -1.80. The minimum absolute atomic E-state index is 0.347. The van der Waals surface area contributed by atoms with Crippen LogP contribution in [-0.4, -0.2) is 11.7 Å². The highest BCUT2D eigenvalue weighted by Gasteiger charge is 2.33. The first-order chi connectivity index (χ1) is 10.2. The predicted molar refractivity (Wildman–Crippen MR) is 84.5 cm³/mol. The lowest BCUT2D eigenvalue weighted by molar-refractivity contribution is 0.0122. The number of aliphatic hydroxyl groups is 1. The van der Waals surface area contributed by atoms with Gasteiger partial charge in [-0.2, -0.15) is 0 Å². The largest absolute Gasteiger partial charge is 0.493 e. The molecule has 0 bridgehead atoms. The van der Waals surface area contributed by atoms with E-state index in [0.717, 1.165) is 37.2 Å². The van der Waals surface area contributed by atoms with Gasteiger partial charge in [0.1, 0.15) is 5.75 Å². The number of benzene rings is 2. The molecular formula is C19H22O2. The molecule has 3 rings (SSSR count). The van der Waals surface area contributed by atoms with Gasteiger partial charge in [-0.15, -0.1) is 0 Å². The van der Waals surface area contributed by atoms with Crippen molar-refractivity contribution in [3.05, 3.63) is 65.7 Å². The van der Waals surface area contributed by atoms with E-state index in [9.17, 15) is 5.11 Å². The van der Waals surface area contributed by atoms with Crippen LogP contribution >= 0.6 is 0 Å². The summed E-state index contributed by atoms with van der Waals surface area (Å²) in [6, 6.07) is 18.2. The van der Waals surface area contributed by atoms with Crippen molar-refractivity contribution in [3.8, 4) is 5.75 Å². The Kier molecular flexibility index (Phi) is 3.98. The molecule has 2 aromatic rings. The van der Waals surface area contributed by atoms with Gasteiger partial charge in [-0.25, -0.2) is 0 Å². The van der Waals surface area contributed by atoms with Crippen LogP contribution in [0.15, 0.2) is 54.6 Å². The third kappa shape index (κ3) is 2.81. The van der Waals surface area contributed by atoms with Crippen LogP contribution in [0.2, 0.25) is 0 Å². The van der Waals surface area contributed by atoms with Gasteiger partial charge in [0.15, 0.2) is 0 Å². The lowest BCUT2D eigenvalue weighted by atomic mass is 9.78. The molecule has 2 aromatic carbocycles. The van der Waals surface area contributed by atoms with E-state index in [-0.39, 0.29) is 0 Å². The van der Waals surface area contributed by atoms with Gasteiger partial charge >= 0.3 is 0 Å². The van der Waals surface area contributed by atoms with Gasteiger partial charge in [-0.1, -0.05) is 55.5 Å². The van der Waals surface area contributed by atoms with E-state index in [1.165, 1.54) is 5.56 Å². The van der Waals surface area contributed by atoms with Crippen molar-refractivity contribution in [2.24, 2.45) is 0 Å². The van der Waals surface area contributed by atoms with E-state index < -0.39 is 5.60 Å². The minimum atomic E-state index is -0.767. The molecule has 1 aliphatic heterocycles. The maximum Gasteiger partial charge on any atom is 0.122 e. The van der Waals surface area contributed by atoms with Crippen molar-refractivity contribution >= 4 is 0 Å². The highest BCUT2D eigenvalue weighted by molar-refractivity contribution is 5.38. The molecule has 21 heavy (non-hydrogen) atoms. The standard InChI is InChI=1S/C19H22O2/c1-2-19(20,16-8-4-3-5-9-16)14-15-12-13-21-18-11-7-6-10-17(15)18/h3-11,15,20H,2,12-14H2,1H3. The zero-order chi connectivity index (χ0) is 14.7. The molecule has 0 aliphatic carbocycles. The average molecular weight is 282 g/mol. The quantitative estimate of drug-likeness (QED) is 0.909. The average Bonchev–Trinajstić information content (AvgIpc) is 2.56. The molecule has 2 heteroatoms. The monoisotopic (exact) mass is 282 g/mol. The van der Waals surface area contributed by atoms with Gasteiger partial charge in [0.25, 0.3) is 0 Å². The fraction of sp³-hybridized carbons (Fsp3) is 0.368. The molecule has 2 unspecified atom stereocenters. The van der Waals surface area contributed by atoms with Crippen LogP contribution in [0.25, 0.3) is 0 Å². The molecule has 1 aliphatic rings. The molecule has 2 nitrogen and oxygen atoms in total. The second-order valence-electron chi connectivity index (χ2n) is 5.83. The first-order valence-corrected chi connectivity index (χ1v) is 7.72. The van der Waals surface area contributed by atoms with E-state index in [4.69, 9.17) is 4.74 Å². The summed E-state index contributed by atoms with van der Waals surface area (Å²) in [5, 5.41) is 11.1. The molecule has 0 radical (unpaired) electrons. The molecule has 0 saturated heterocycles. The van der Waals surface area contributed by atoms with Crippen LogP contribution in [0, 0.1) is 0 Å². The van der Waals surface area contributed by atoms with Crippen molar-refractivity contribution in [1.29, 1.82) is 0 Å². The lowest BCUT2D eigenvalue weighted by Gasteiger charge is -2.34. The second kappa shape index (κ2) is 5.90. The van der Waals surface area contributed by atoms with E-state index >= 15 is 0 Å². The number of hydrogen-bond acceptors (Lipinski definition) is 2. The minimum Gasteiger partial charge on any atom is -0.493 e. The summed E-state index contributed by atoms with van der Waals surface area (Å²) in [5.41, 5.74) is 1.47. The van der Waals surface area contributed by atoms with Crippen molar-refractivity contribution < 1.29 is 9.84 Å². The Morgan fingerprint density at radius 1 is 1.10 bits per heavy atom. The maximum atomic E-state index is 11.1. The third-order valence-corrected chi connectivity index (χ3v) is 4.56. The first-order valence-electron chi connectivity index (χ1n) is 7.72. The number of rotatable bonds is 4. The van der Waals surface area contributed by atoms with Crippen LogP contribution < -0.4 is 4.74 Å². The molecule has 0 saturated carbocycles. The summed E-state index contributed by atoms with van der Waals surface area (Å²) < 4.78 is 5.73. The molecule has 1 N–H and O–H groups in total. The van der Waals surface area contributed by atoms with Crippen LogP contribution in [0.5, 0.6) is 5.75 Å². The van der Waals surface area contributed by atoms with Gasteiger partial charge in [0.2, 0.25) is 0 Å². The zero-order valence-corrected chi connectivity index (χ0v) is 12.5. The summed E-state index contributed by atoms with van der Waals surface area (Å²) in [6.07, 6.45) is 2.43. The number of fused-ring (bicyclic) bond motifs is 1. The first kappa shape index (κ1) is 14.2. The predicted octanol–water partition coefficient (Wildman–Crippen LogP) is 4.24. The molecule has 2 atom stereocenters. The van der Waals surface area contributed by atoms with Gasteiger partial charge in [-0.05, 0) is 42.4 Å². The van der Waals surface area contributed by atoms with E-state index in [2.05, 4.69) is 13.0 Å². The van der Waals surface area contributed by atoms with Crippen molar-refractivity contribution in [2.45, 2.75) is 37.7 Å². The molecule has 0 aromatic heterocycles. The Balaban J connectivity index is 1.89. The summed E-state index contributed by atoms with van der Waals surface area (Å²) in [7, 11) is 0. The van der Waals surface area contributed by atoms with Crippen molar-refractivity contribution in [1.82, 2.24) is 0 Å². The van der Waals surface area contributed by atoms with Crippen LogP contribution in [0.3, 0.4) is 0 Å². The van der Waals surface area contributed by atoms with Crippen LogP contribution in [0.4, 0.5) is 0 Å². The zero-order valence-electron chi connectivity index (χ0n) is 12.5. The molecule has 0 fully saturated rings. The van der Waals surface area contributed by atoms with Crippen molar-refractivity contribution in [3.63, 3.8) is 0 Å². The maximum absolute atomic E-state index is 11.1. The van der Waals surface area contributed by atoms with Gasteiger partial charge < -0.3 is 9.84 Å². The van der Waals surface area contributed by atoms with Crippen LogP contribution in [0.1, 0.15) is 43.2 Å². The lowest BCUT2D eigenvalue weighted by Crippen LogP contribution is -2.29. The number of ether oxygens (including phenoxy) is 1. The highest BCUT2D eigenvalue weighted by atomic mass is 16.5. The smallest absolute Gasteiger partial charge is 0.122 e. The molecule has 0 amide bonds. The fourth-order valence-corrected chi connectivity index (χ4v) is 3.25. The summed E-state index contributed by atoms with van der Waals surface area (Å²) in [6.45, 7) is 2.79. The molecule has 110 valence electrons. The fourth-order valence-electron chi connectivity index (χ4n) is 3.25. The van der Waals surface area contributed by atoms with Crippen LogP contribution in [-0.2, 0) is 5.60 Å². The van der Waals surface area contributed by atoms with Crippen molar-refractivity contribution in [2.75, 3.05) is 6.61 Å². The highest BCUT2D eigenvalue weighted by Crippen LogP contribution is 2.42. The Bertz CT molecular complexity index is 594. The molecule has 0 spiro atoms. The summed E-state index contributed by atoms with van der Waals surface area (Å²) in [4.78, 5) is 0. The summed E-state index contributed by atoms with van der Waals surface area (Å²) in [5.74, 6) is 1.32. The molecule has 1 heterocycles. The van der Waals surface area contributed by atoms with Gasteiger partial charge in [0.05, 0.1) is 12.2 Å². The Labute approximate surface area is 126 Å². The van der Waals surface area contributed by atoms with Gasteiger partial charge in [-0.3, -0.25) is 0 Å². The van der Waals surface area contributed by atoms with Gasteiger partial charge in [0, 0.05) is 0 Å². The number of para-hydroxylation sites is 1. The Morgan fingerprint density at radius 2 is 1.81 bits per heavy atom. The van der Waals surface area contributed by atoms with E-state index in [1.807, 2.05) is 48.5 Å². The third-order valence-electron chi connectivity index (χ3n) is 4.56. The topological polar surface area (TPSA) is 29.5 Å². The summed E-state index contributed by atoms with van der Waals surface area (Å²) >= 11 is 0. The SMILES string of the molecule is CCC(O)(CC1CCOc2ccccc21)c1ccccc1. The Morgan fingerprint density at radius 3 is 2.57 bits per heavy atom. The number of hydrogen-bond donors (Lipinski definition) is 1. The van der Waals surface area contributed by atoms with E-state index in [0.29, 0.717) is 5.92 Å². The second-order valence-corrected chi connectivity index (χ2v) is 5.83. The van der Waals surface area contributed by atoms with E-state index in [1.54, 1.807) is 0 Å². The normalized spacial score (nSPS) is 20.2.